The van der Waals surface area contributed by atoms with Gasteiger partial charge in [0, 0.05) is 12.6 Å². The minimum absolute atomic E-state index is 0. The predicted molar refractivity (Wildman–Crippen MR) is 82.6 cm³/mol. The van der Waals surface area contributed by atoms with Gasteiger partial charge in [-0.05, 0) is 52.3 Å². The monoisotopic (exact) mass is 300 g/mol. The Morgan fingerprint density at radius 1 is 1.40 bits per heavy atom. The molecule has 0 unspecified atom stereocenters. The summed E-state index contributed by atoms with van der Waals surface area (Å²) in [6, 6.07) is 2.23. The first-order valence-electron chi connectivity index (χ1n) is 7.22. The molecule has 2 heterocycles. The summed E-state index contributed by atoms with van der Waals surface area (Å²) in [4.78, 5) is 14.8. The number of nitrogens with one attached hydrogen (secondary N) is 1. The molecule has 1 N–H and O–H groups in total. The van der Waals surface area contributed by atoms with E-state index in [9.17, 15) is 4.79 Å². The number of furan rings is 1. The molecule has 0 spiro atoms. The largest absolute Gasteiger partial charge is 0.466 e. The van der Waals surface area contributed by atoms with E-state index in [1.165, 1.54) is 0 Å². The van der Waals surface area contributed by atoms with Crippen molar-refractivity contribution in [3.8, 4) is 0 Å². The normalized spacial score (nSPS) is 15.8. The van der Waals surface area contributed by atoms with E-state index in [4.69, 9.17) is 4.42 Å². The molecular formula is C15H25ClN2O2. The number of rotatable bonds is 4. The van der Waals surface area contributed by atoms with E-state index in [1.54, 1.807) is 0 Å². The maximum absolute atomic E-state index is 12.7. The van der Waals surface area contributed by atoms with E-state index < -0.39 is 0 Å². The van der Waals surface area contributed by atoms with Crippen LogP contribution in [0.15, 0.2) is 10.5 Å². The van der Waals surface area contributed by atoms with Gasteiger partial charge in [0.2, 0.25) is 0 Å². The Balaban J connectivity index is 0.00000200. The van der Waals surface area contributed by atoms with Crippen LogP contribution in [-0.2, 0) is 0 Å². The van der Waals surface area contributed by atoms with Crippen molar-refractivity contribution >= 4 is 18.3 Å². The number of hydrogen-bond acceptors (Lipinski definition) is 3. The summed E-state index contributed by atoms with van der Waals surface area (Å²) in [5.41, 5.74) is 0.726. The van der Waals surface area contributed by atoms with E-state index in [1.807, 2.05) is 24.8 Å². The molecule has 4 nitrogen and oxygen atoms in total. The van der Waals surface area contributed by atoms with Gasteiger partial charge in [-0.3, -0.25) is 4.79 Å². The fourth-order valence-electron chi connectivity index (χ4n) is 2.81. The first-order valence-corrected chi connectivity index (χ1v) is 7.22. The fourth-order valence-corrected chi connectivity index (χ4v) is 2.81. The first-order chi connectivity index (χ1) is 9.13. The van der Waals surface area contributed by atoms with Gasteiger partial charge in [-0.2, -0.15) is 0 Å². The molecule has 0 saturated carbocycles. The summed E-state index contributed by atoms with van der Waals surface area (Å²) in [7, 11) is 0. The highest BCUT2D eigenvalue weighted by Gasteiger charge is 2.27. The summed E-state index contributed by atoms with van der Waals surface area (Å²) in [5, 5.41) is 3.35. The molecule has 1 amide bonds. The summed E-state index contributed by atoms with van der Waals surface area (Å²) >= 11 is 0. The van der Waals surface area contributed by atoms with Crippen LogP contribution in [-0.4, -0.2) is 36.5 Å². The van der Waals surface area contributed by atoms with E-state index in [0.29, 0.717) is 6.04 Å². The Hall–Kier alpha value is -1.00. The van der Waals surface area contributed by atoms with Crippen molar-refractivity contribution < 1.29 is 9.21 Å². The van der Waals surface area contributed by atoms with Crippen LogP contribution in [0.3, 0.4) is 0 Å². The minimum atomic E-state index is 0. The molecule has 1 aliphatic heterocycles. The molecular weight excluding hydrogens is 276 g/mol. The molecule has 20 heavy (non-hydrogen) atoms. The van der Waals surface area contributed by atoms with Gasteiger partial charge in [0.1, 0.15) is 11.5 Å². The van der Waals surface area contributed by atoms with Gasteiger partial charge in [0.15, 0.2) is 0 Å². The number of carbonyl (C=O) groups excluding carboxylic acids is 1. The van der Waals surface area contributed by atoms with Crippen LogP contribution in [0, 0.1) is 13.8 Å². The topological polar surface area (TPSA) is 45.5 Å². The lowest BCUT2D eigenvalue weighted by Crippen LogP contribution is -2.46. The Kier molecular flexibility index (Phi) is 6.56. The molecule has 2 rings (SSSR count). The molecule has 1 aromatic heterocycles. The lowest BCUT2D eigenvalue weighted by Gasteiger charge is -2.34. The second-order valence-electron chi connectivity index (χ2n) is 5.31. The maximum Gasteiger partial charge on any atom is 0.257 e. The van der Waals surface area contributed by atoms with Gasteiger partial charge < -0.3 is 14.6 Å². The van der Waals surface area contributed by atoms with Gasteiger partial charge in [-0.25, -0.2) is 0 Å². The quantitative estimate of drug-likeness (QED) is 0.930. The van der Waals surface area contributed by atoms with Crippen molar-refractivity contribution in [3.63, 3.8) is 0 Å². The third-order valence-electron chi connectivity index (χ3n) is 3.75. The SMILES string of the molecule is CCCN(C(=O)c1cc(C)oc1C)C1CCNCC1.Cl. The zero-order valence-corrected chi connectivity index (χ0v) is 13.4. The van der Waals surface area contributed by atoms with Crippen LogP contribution in [0.2, 0.25) is 0 Å². The molecule has 1 fully saturated rings. The highest BCUT2D eigenvalue weighted by molar-refractivity contribution is 5.95. The number of hydrogen-bond donors (Lipinski definition) is 1. The number of nitrogens with zero attached hydrogens (tertiary/aromatic N) is 1. The molecule has 1 aromatic rings. The summed E-state index contributed by atoms with van der Waals surface area (Å²) in [5.74, 6) is 1.67. The lowest BCUT2D eigenvalue weighted by molar-refractivity contribution is 0.0641. The average Bonchev–Trinajstić information content (AvgIpc) is 2.75. The third kappa shape index (κ3) is 3.76. The maximum atomic E-state index is 12.7. The van der Waals surface area contributed by atoms with Crippen molar-refractivity contribution in [2.24, 2.45) is 0 Å². The number of aryl methyl sites for hydroxylation is 2. The number of carbonyl (C=O) groups is 1. The Morgan fingerprint density at radius 2 is 2.05 bits per heavy atom. The standard InChI is InChI=1S/C15H24N2O2.ClH/c1-4-9-17(13-5-7-16-8-6-13)15(18)14-10-11(2)19-12(14)3;/h10,13,16H,4-9H2,1-3H3;1H. The van der Waals surface area contributed by atoms with Crippen LogP contribution in [0.5, 0.6) is 0 Å². The predicted octanol–water partition coefficient (Wildman–Crippen LogP) is 2.92. The van der Waals surface area contributed by atoms with Crippen LogP contribution in [0.1, 0.15) is 48.1 Å². The van der Waals surface area contributed by atoms with Crippen molar-refractivity contribution in [1.82, 2.24) is 10.2 Å². The molecule has 1 saturated heterocycles. The molecule has 0 radical (unpaired) electrons. The van der Waals surface area contributed by atoms with E-state index in [0.717, 1.165) is 56.0 Å². The van der Waals surface area contributed by atoms with Gasteiger partial charge in [-0.1, -0.05) is 6.92 Å². The van der Waals surface area contributed by atoms with Crippen LogP contribution in [0.25, 0.3) is 0 Å². The second-order valence-corrected chi connectivity index (χ2v) is 5.31. The Bertz CT molecular complexity index is 439. The van der Waals surface area contributed by atoms with Crippen molar-refractivity contribution in [1.29, 1.82) is 0 Å². The molecule has 0 bridgehead atoms. The molecule has 0 aromatic carbocycles. The summed E-state index contributed by atoms with van der Waals surface area (Å²) in [6.07, 6.45) is 3.08. The number of halogens is 1. The van der Waals surface area contributed by atoms with Crippen molar-refractivity contribution in [3.05, 3.63) is 23.2 Å². The molecule has 1 aliphatic rings. The van der Waals surface area contributed by atoms with Gasteiger partial charge in [-0.15, -0.1) is 12.4 Å². The zero-order valence-electron chi connectivity index (χ0n) is 12.6. The van der Waals surface area contributed by atoms with E-state index in [-0.39, 0.29) is 18.3 Å². The highest BCUT2D eigenvalue weighted by Crippen LogP contribution is 2.20. The van der Waals surface area contributed by atoms with Crippen LogP contribution >= 0.6 is 12.4 Å². The average molecular weight is 301 g/mol. The van der Waals surface area contributed by atoms with Gasteiger partial charge in [0.05, 0.1) is 5.56 Å². The van der Waals surface area contributed by atoms with Crippen molar-refractivity contribution in [2.75, 3.05) is 19.6 Å². The molecule has 114 valence electrons. The summed E-state index contributed by atoms with van der Waals surface area (Å²) in [6.45, 7) is 8.70. The Labute approximate surface area is 127 Å². The molecule has 0 aliphatic carbocycles. The highest BCUT2D eigenvalue weighted by atomic mass is 35.5. The lowest BCUT2D eigenvalue weighted by atomic mass is 10.0. The van der Waals surface area contributed by atoms with E-state index >= 15 is 0 Å². The zero-order chi connectivity index (χ0) is 13.8. The van der Waals surface area contributed by atoms with E-state index in [2.05, 4.69) is 12.2 Å². The molecule has 5 heteroatoms. The Morgan fingerprint density at radius 3 is 2.55 bits per heavy atom. The van der Waals surface area contributed by atoms with Gasteiger partial charge >= 0.3 is 0 Å². The smallest absolute Gasteiger partial charge is 0.257 e. The minimum Gasteiger partial charge on any atom is -0.466 e. The van der Waals surface area contributed by atoms with Crippen LogP contribution in [0.4, 0.5) is 0 Å². The number of amides is 1. The van der Waals surface area contributed by atoms with Gasteiger partial charge in [0.25, 0.3) is 5.91 Å². The van der Waals surface area contributed by atoms with Crippen LogP contribution < -0.4 is 5.32 Å². The van der Waals surface area contributed by atoms with Crippen molar-refractivity contribution in [2.45, 2.75) is 46.1 Å². The molecule has 0 atom stereocenters. The number of piperidine rings is 1. The fraction of sp³-hybridized carbons (Fsp3) is 0.667. The third-order valence-corrected chi connectivity index (χ3v) is 3.75. The summed E-state index contributed by atoms with van der Waals surface area (Å²) < 4.78 is 5.49. The second kappa shape index (κ2) is 7.70. The first kappa shape index (κ1) is 17.1.